The minimum absolute atomic E-state index is 0.118. The number of aromatic nitrogens is 1. The zero-order chi connectivity index (χ0) is 20.1. The van der Waals surface area contributed by atoms with Crippen molar-refractivity contribution in [2.75, 3.05) is 30.2 Å². The van der Waals surface area contributed by atoms with Gasteiger partial charge in [0.1, 0.15) is 17.0 Å². The van der Waals surface area contributed by atoms with Gasteiger partial charge in [-0.1, -0.05) is 30.4 Å². The topological polar surface area (TPSA) is 102 Å². The number of methoxy groups -OCH3 is 2. The molecule has 0 spiro atoms. The number of carbonyl (C=O) groups excluding carboxylic acids is 2. The van der Waals surface area contributed by atoms with Gasteiger partial charge >= 0.3 is 6.03 Å². The lowest BCUT2D eigenvalue weighted by Crippen LogP contribution is -2.19. The van der Waals surface area contributed by atoms with Crippen molar-refractivity contribution in [3.8, 4) is 11.5 Å². The smallest absolute Gasteiger partial charge is 0.323 e. The first-order chi connectivity index (χ1) is 13.5. The van der Waals surface area contributed by atoms with Gasteiger partial charge in [0.15, 0.2) is 5.13 Å². The van der Waals surface area contributed by atoms with E-state index in [0.717, 1.165) is 4.70 Å². The van der Waals surface area contributed by atoms with E-state index in [9.17, 15) is 9.59 Å². The predicted octanol–water partition coefficient (Wildman–Crippen LogP) is 4.31. The molecule has 0 radical (unpaired) electrons. The molecule has 28 heavy (non-hydrogen) atoms. The molecule has 146 valence electrons. The first-order valence-corrected chi connectivity index (χ1v) is 9.35. The van der Waals surface area contributed by atoms with Crippen LogP contribution in [0.15, 0.2) is 36.4 Å². The molecule has 0 saturated carbocycles. The minimum atomic E-state index is -0.421. The van der Waals surface area contributed by atoms with E-state index in [0.29, 0.717) is 39.9 Å². The van der Waals surface area contributed by atoms with E-state index < -0.39 is 6.03 Å². The van der Waals surface area contributed by atoms with Crippen LogP contribution < -0.4 is 25.4 Å². The van der Waals surface area contributed by atoms with Crippen LogP contribution in [0.1, 0.15) is 13.3 Å². The second-order valence-electron chi connectivity index (χ2n) is 5.73. The van der Waals surface area contributed by atoms with Crippen molar-refractivity contribution in [1.82, 2.24) is 4.98 Å². The van der Waals surface area contributed by atoms with Crippen molar-refractivity contribution in [3.05, 3.63) is 36.4 Å². The lowest BCUT2D eigenvalue weighted by atomic mass is 10.2. The largest absolute Gasteiger partial charge is 0.495 e. The van der Waals surface area contributed by atoms with E-state index in [1.54, 1.807) is 37.3 Å². The Kier molecular flexibility index (Phi) is 5.95. The number of amides is 3. The molecule has 3 N–H and O–H groups in total. The van der Waals surface area contributed by atoms with E-state index in [4.69, 9.17) is 9.47 Å². The Balaban J connectivity index is 1.82. The molecule has 0 bridgehead atoms. The van der Waals surface area contributed by atoms with E-state index in [-0.39, 0.29) is 5.91 Å². The number of thiazole rings is 1. The van der Waals surface area contributed by atoms with Crippen LogP contribution in [0, 0.1) is 0 Å². The minimum Gasteiger partial charge on any atom is -0.495 e. The molecule has 0 unspecified atom stereocenters. The van der Waals surface area contributed by atoms with E-state index in [1.807, 2.05) is 6.07 Å². The monoisotopic (exact) mass is 400 g/mol. The summed E-state index contributed by atoms with van der Waals surface area (Å²) in [5.74, 6) is 0.940. The van der Waals surface area contributed by atoms with Crippen LogP contribution in [-0.2, 0) is 4.79 Å². The highest BCUT2D eigenvalue weighted by molar-refractivity contribution is 7.22. The molecule has 3 amide bonds. The Morgan fingerprint density at radius 2 is 1.79 bits per heavy atom. The number of rotatable bonds is 6. The fourth-order valence-electron chi connectivity index (χ4n) is 2.52. The molecule has 0 aliphatic rings. The number of nitrogens with zero attached hydrogens (tertiary/aromatic N) is 1. The molecule has 2 aromatic carbocycles. The maximum Gasteiger partial charge on any atom is 0.323 e. The Morgan fingerprint density at radius 1 is 1.04 bits per heavy atom. The summed E-state index contributed by atoms with van der Waals surface area (Å²) in [5, 5.41) is 8.74. The number of carbonyl (C=O) groups is 2. The number of hydrogen-bond acceptors (Lipinski definition) is 6. The van der Waals surface area contributed by atoms with Crippen LogP contribution >= 0.6 is 11.3 Å². The van der Waals surface area contributed by atoms with Crippen LogP contribution in [-0.4, -0.2) is 31.1 Å². The van der Waals surface area contributed by atoms with Crippen molar-refractivity contribution >= 4 is 50.0 Å². The quantitative estimate of drug-likeness (QED) is 0.572. The second-order valence-corrected chi connectivity index (χ2v) is 6.76. The number of nitrogens with one attached hydrogen (secondary N) is 3. The Hall–Kier alpha value is -3.33. The Labute approximate surface area is 165 Å². The van der Waals surface area contributed by atoms with Crippen LogP contribution in [0.25, 0.3) is 10.2 Å². The Morgan fingerprint density at radius 3 is 2.50 bits per heavy atom. The SMILES string of the molecule is CCC(=O)Nc1nc2c(OC)cc(NC(=O)Nc3ccccc3OC)cc2s1. The van der Waals surface area contributed by atoms with Crippen molar-refractivity contribution in [2.45, 2.75) is 13.3 Å². The van der Waals surface area contributed by atoms with Gasteiger partial charge in [0, 0.05) is 18.2 Å². The lowest BCUT2D eigenvalue weighted by molar-refractivity contribution is -0.115. The molecule has 9 heteroatoms. The summed E-state index contributed by atoms with van der Waals surface area (Å²) in [5.41, 5.74) is 1.71. The van der Waals surface area contributed by atoms with Gasteiger partial charge in [-0.2, -0.15) is 0 Å². The number of ether oxygens (including phenoxy) is 2. The molecule has 0 saturated heterocycles. The molecule has 0 fully saturated rings. The Bertz CT molecular complexity index is 1020. The average Bonchev–Trinajstić information content (AvgIpc) is 3.09. The van der Waals surface area contributed by atoms with E-state index in [1.165, 1.54) is 25.6 Å². The number of hydrogen-bond donors (Lipinski definition) is 3. The first-order valence-electron chi connectivity index (χ1n) is 8.53. The predicted molar refractivity (Wildman–Crippen MR) is 111 cm³/mol. The summed E-state index contributed by atoms with van der Waals surface area (Å²) < 4.78 is 11.4. The van der Waals surface area contributed by atoms with Gasteiger partial charge in [-0.3, -0.25) is 4.79 Å². The first kappa shape index (κ1) is 19.4. The molecule has 0 aliphatic heterocycles. The summed E-state index contributed by atoms with van der Waals surface area (Å²) in [6.07, 6.45) is 0.364. The van der Waals surface area contributed by atoms with Crippen LogP contribution in [0.2, 0.25) is 0 Å². The third-order valence-electron chi connectivity index (χ3n) is 3.86. The lowest BCUT2D eigenvalue weighted by Gasteiger charge is -2.11. The van der Waals surface area contributed by atoms with E-state index in [2.05, 4.69) is 20.9 Å². The van der Waals surface area contributed by atoms with Gasteiger partial charge in [0.25, 0.3) is 0 Å². The number of urea groups is 1. The number of anilines is 3. The second kappa shape index (κ2) is 8.57. The summed E-state index contributed by atoms with van der Waals surface area (Å²) in [6, 6.07) is 10.2. The number of fused-ring (bicyclic) bond motifs is 1. The van der Waals surface area contributed by atoms with Crippen LogP contribution in [0.5, 0.6) is 11.5 Å². The molecule has 8 nitrogen and oxygen atoms in total. The fraction of sp³-hybridized carbons (Fsp3) is 0.211. The fourth-order valence-corrected chi connectivity index (χ4v) is 3.46. The van der Waals surface area contributed by atoms with Gasteiger partial charge in [0.2, 0.25) is 5.91 Å². The van der Waals surface area contributed by atoms with Gasteiger partial charge in [0.05, 0.1) is 24.6 Å². The number of benzene rings is 2. The van der Waals surface area contributed by atoms with Crippen molar-refractivity contribution in [2.24, 2.45) is 0 Å². The summed E-state index contributed by atoms with van der Waals surface area (Å²) in [4.78, 5) is 28.4. The zero-order valence-corrected chi connectivity index (χ0v) is 16.5. The molecule has 1 aromatic heterocycles. The molecule has 3 aromatic rings. The molecular weight excluding hydrogens is 380 g/mol. The van der Waals surface area contributed by atoms with Gasteiger partial charge in [-0.25, -0.2) is 9.78 Å². The zero-order valence-electron chi connectivity index (χ0n) is 15.7. The maximum absolute atomic E-state index is 12.4. The van der Waals surface area contributed by atoms with Gasteiger partial charge < -0.3 is 25.4 Å². The summed E-state index contributed by atoms with van der Waals surface area (Å²) in [7, 11) is 3.06. The highest BCUT2D eigenvalue weighted by Gasteiger charge is 2.14. The van der Waals surface area contributed by atoms with Gasteiger partial charge in [-0.05, 0) is 18.2 Å². The van der Waals surface area contributed by atoms with Crippen molar-refractivity contribution < 1.29 is 19.1 Å². The van der Waals surface area contributed by atoms with Gasteiger partial charge in [-0.15, -0.1) is 0 Å². The number of para-hydroxylation sites is 2. The van der Waals surface area contributed by atoms with Crippen molar-refractivity contribution in [1.29, 1.82) is 0 Å². The highest BCUT2D eigenvalue weighted by atomic mass is 32.1. The average molecular weight is 400 g/mol. The summed E-state index contributed by atoms with van der Waals surface area (Å²) >= 11 is 1.31. The molecule has 0 aliphatic carbocycles. The standard InChI is InChI=1S/C19H20N4O4S/c1-4-16(24)22-19-23-17-14(27-3)9-11(10-15(17)28-19)20-18(25)21-12-7-5-6-8-13(12)26-2/h5-10H,4H2,1-3H3,(H2,20,21,25)(H,22,23,24). The van der Waals surface area contributed by atoms with E-state index >= 15 is 0 Å². The molecule has 1 heterocycles. The highest BCUT2D eigenvalue weighted by Crippen LogP contribution is 2.35. The third kappa shape index (κ3) is 4.32. The third-order valence-corrected chi connectivity index (χ3v) is 4.78. The molecule has 0 atom stereocenters. The summed E-state index contributed by atoms with van der Waals surface area (Å²) in [6.45, 7) is 1.77. The van der Waals surface area contributed by atoms with Crippen molar-refractivity contribution in [3.63, 3.8) is 0 Å². The molecular formula is C19H20N4O4S. The maximum atomic E-state index is 12.4. The van der Waals surface area contributed by atoms with Crippen LogP contribution in [0.4, 0.5) is 21.3 Å². The normalized spacial score (nSPS) is 10.4. The van der Waals surface area contributed by atoms with Crippen LogP contribution in [0.3, 0.4) is 0 Å². The molecule has 3 rings (SSSR count).